The van der Waals surface area contributed by atoms with E-state index in [2.05, 4.69) is 27.0 Å². The zero-order chi connectivity index (χ0) is 15.2. The lowest BCUT2D eigenvalue weighted by Gasteiger charge is -2.17. The molecule has 0 saturated heterocycles. The number of amides is 1. The monoisotopic (exact) mass is 283 g/mol. The highest BCUT2D eigenvalue weighted by atomic mass is 16.2. The van der Waals surface area contributed by atoms with Crippen LogP contribution in [0.3, 0.4) is 0 Å². The summed E-state index contributed by atoms with van der Waals surface area (Å²) < 4.78 is 0. The zero-order valence-electron chi connectivity index (χ0n) is 12.1. The SMILES string of the molecule is Cc1ccc(C#CCN)cc1C(=O)N(C)Cc1ncn[nH]1. The predicted molar refractivity (Wildman–Crippen MR) is 79.3 cm³/mol. The van der Waals surface area contributed by atoms with E-state index in [9.17, 15) is 4.79 Å². The molecule has 0 bridgehead atoms. The Morgan fingerprint density at radius 2 is 2.29 bits per heavy atom. The Morgan fingerprint density at radius 3 is 2.95 bits per heavy atom. The highest BCUT2D eigenvalue weighted by Gasteiger charge is 2.15. The molecule has 2 aromatic rings. The molecule has 0 radical (unpaired) electrons. The van der Waals surface area contributed by atoms with Gasteiger partial charge in [-0.25, -0.2) is 4.98 Å². The molecule has 0 unspecified atom stereocenters. The molecule has 1 aromatic heterocycles. The molecule has 1 amide bonds. The van der Waals surface area contributed by atoms with Crippen molar-refractivity contribution < 1.29 is 4.79 Å². The average molecular weight is 283 g/mol. The number of aryl methyl sites for hydroxylation is 1. The van der Waals surface area contributed by atoms with Crippen LogP contribution in [-0.4, -0.2) is 39.6 Å². The van der Waals surface area contributed by atoms with E-state index in [0.29, 0.717) is 24.5 Å². The fourth-order valence-electron chi connectivity index (χ4n) is 1.89. The van der Waals surface area contributed by atoms with Gasteiger partial charge in [-0.05, 0) is 24.6 Å². The molecule has 1 heterocycles. The summed E-state index contributed by atoms with van der Waals surface area (Å²) in [5.74, 6) is 6.28. The van der Waals surface area contributed by atoms with E-state index in [0.717, 1.165) is 11.1 Å². The van der Waals surface area contributed by atoms with Crippen molar-refractivity contribution in [2.45, 2.75) is 13.5 Å². The van der Waals surface area contributed by atoms with E-state index in [1.54, 1.807) is 18.0 Å². The van der Waals surface area contributed by atoms with Gasteiger partial charge < -0.3 is 10.6 Å². The molecule has 0 fully saturated rings. The molecule has 6 nitrogen and oxygen atoms in total. The standard InChI is InChI=1S/C15H17N5O/c1-11-5-6-12(4-3-7-16)8-13(11)15(21)20(2)9-14-17-10-18-19-14/h5-6,8,10H,7,9,16H2,1-2H3,(H,17,18,19). The van der Waals surface area contributed by atoms with Crippen LogP contribution in [0.5, 0.6) is 0 Å². The van der Waals surface area contributed by atoms with Crippen LogP contribution in [0.1, 0.15) is 27.3 Å². The first-order chi connectivity index (χ1) is 10.1. The Balaban J connectivity index is 2.21. The lowest BCUT2D eigenvalue weighted by atomic mass is 10.0. The first-order valence-corrected chi connectivity index (χ1v) is 6.51. The van der Waals surface area contributed by atoms with Gasteiger partial charge in [0.1, 0.15) is 12.2 Å². The van der Waals surface area contributed by atoms with Gasteiger partial charge >= 0.3 is 0 Å². The van der Waals surface area contributed by atoms with Gasteiger partial charge in [-0.3, -0.25) is 9.89 Å². The maximum Gasteiger partial charge on any atom is 0.254 e. The smallest absolute Gasteiger partial charge is 0.254 e. The van der Waals surface area contributed by atoms with Gasteiger partial charge in [-0.2, -0.15) is 5.10 Å². The summed E-state index contributed by atoms with van der Waals surface area (Å²) in [6, 6.07) is 5.55. The number of nitrogens with one attached hydrogen (secondary N) is 1. The number of aromatic amines is 1. The third kappa shape index (κ3) is 3.68. The lowest BCUT2D eigenvalue weighted by molar-refractivity contribution is 0.0781. The number of carbonyl (C=O) groups is 1. The Labute approximate surface area is 123 Å². The van der Waals surface area contributed by atoms with E-state index in [1.807, 2.05) is 19.1 Å². The highest BCUT2D eigenvalue weighted by molar-refractivity contribution is 5.95. The van der Waals surface area contributed by atoms with Crippen molar-refractivity contribution in [1.82, 2.24) is 20.1 Å². The van der Waals surface area contributed by atoms with E-state index in [4.69, 9.17) is 5.73 Å². The van der Waals surface area contributed by atoms with Gasteiger partial charge in [0.15, 0.2) is 0 Å². The second kappa shape index (κ2) is 6.68. The summed E-state index contributed by atoms with van der Waals surface area (Å²) >= 11 is 0. The van der Waals surface area contributed by atoms with Crippen LogP contribution < -0.4 is 5.73 Å². The number of nitrogens with zero attached hydrogens (tertiary/aromatic N) is 3. The maximum absolute atomic E-state index is 12.5. The summed E-state index contributed by atoms with van der Waals surface area (Å²) in [5.41, 5.74) is 7.67. The molecule has 2 rings (SSSR count). The second-order valence-electron chi connectivity index (χ2n) is 4.63. The molecule has 6 heteroatoms. The normalized spacial score (nSPS) is 9.86. The minimum absolute atomic E-state index is 0.0831. The van der Waals surface area contributed by atoms with Gasteiger partial charge in [-0.15, -0.1) is 0 Å². The second-order valence-corrected chi connectivity index (χ2v) is 4.63. The van der Waals surface area contributed by atoms with E-state index < -0.39 is 0 Å². The molecule has 0 aliphatic heterocycles. The van der Waals surface area contributed by atoms with Crippen molar-refractivity contribution in [3.05, 3.63) is 47.0 Å². The quantitative estimate of drug-likeness (QED) is 0.811. The molecular formula is C15H17N5O. The van der Waals surface area contributed by atoms with Gasteiger partial charge in [0.25, 0.3) is 5.91 Å². The molecule has 0 aliphatic carbocycles. The first kappa shape index (κ1) is 14.8. The van der Waals surface area contributed by atoms with Crippen molar-refractivity contribution in [3.63, 3.8) is 0 Å². The van der Waals surface area contributed by atoms with Crippen molar-refractivity contribution in [2.24, 2.45) is 5.73 Å². The van der Waals surface area contributed by atoms with E-state index in [-0.39, 0.29) is 5.91 Å². The molecule has 0 spiro atoms. The van der Waals surface area contributed by atoms with Crippen molar-refractivity contribution in [1.29, 1.82) is 0 Å². The van der Waals surface area contributed by atoms with Crippen molar-refractivity contribution in [2.75, 3.05) is 13.6 Å². The largest absolute Gasteiger partial charge is 0.334 e. The molecule has 0 atom stereocenters. The topological polar surface area (TPSA) is 87.9 Å². The summed E-state index contributed by atoms with van der Waals surface area (Å²) in [6.07, 6.45) is 1.42. The molecule has 3 N–H and O–H groups in total. The summed E-state index contributed by atoms with van der Waals surface area (Å²) in [4.78, 5) is 18.1. The van der Waals surface area contributed by atoms with Gasteiger partial charge in [0, 0.05) is 18.2 Å². The van der Waals surface area contributed by atoms with E-state index in [1.165, 1.54) is 6.33 Å². The third-order valence-electron chi connectivity index (χ3n) is 3.00. The van der Waals surface area contributed by atoms with Gasteiger partial charge in [0.2, 0.25) is 0 Å². The van der Waals surface area contributed by atoms with Crippen molar-refractivity contribution >= 4 is 5.91 Å². The fourth-order valence-corrected chi connectivity index (χ4v) is 1.89. The Hall–Kier alpha value is -2.65. The minimum atomic E-state index is -0.0831. The van der Waals surface area contributed by atoms with Crippen LogP contribution >= 0.6 is 0 Å². The third-order valence-corrected chi connectivity index (χ3v) is 3.00. The predicted octanol–water partition coefficient (Wildman–Crippen LogP) is 0.696. The fraction of sp³-hybridized carbons (Fsp3) is 0.267. The zero-order valence-corrected chi connectivity index (χ0v) is 12.1. The van der Waals surface area contributed by atoms with Crippen LogP contribution in [0.25, 0.3) is 0 Å². The van der Waals surface area contributed by atoms with Crippen LogP contribution in [0.15, 0.2) is 24.5 Å². The molecule has 1 aromatic carbocycles. The number of hydrogen-bond donors (Lipinski definition) is 2. The molecular weight excluding hydrogens is 266 g/mol. The number of nitrogens with two attached hydrogens (primary N) is 1. The van der Waals surface area contributed by atoms with Gasteiger partial charge in [0.05, 0.1) is 13.1 Å². The highest BCUT2D eigenvalue weighted by Crippen LogP contribution is 2.13. The maximum atomic E-state index is 12.5. The van der Waals surface area contributed by atoms with Crippen LogP contribution in [-0.2, 0) is 6.54 Å². The summed E-state index contributed by atoms with van der Waals surface area (Å²) in [5, 5.41) is 6.51. The Bertz CT molecular complexity index is 682. The van der Waals surface area contributed by atoms with Crippen LogP contribution in [0.2, 0.25) is 0 Å². The molecule has 108 valence electrons. The number of rotatable bonds is 3. The minimum Gasteiger partial charge on any atom is -0.334 e. The van der Waals surface area contributed by atoms with Crippen LogP contribution in [0, 0.1) is 18.8 Å². The lowest BCUT2D eigenvalue weighted by Crippen LogP contribution is -2.27. The number of aromatic nitrogens is 3. The number of carbonyl (C=O) groups excluding carboxylic acids is 1. The number of hydrogen-bond acceptors (Lipinski definition) is 4. The van der Waals surface area contributed by atoms with E-state index >= 15 is 0 Å². The van der Waals surface area contributed by atoms with Crippen molar-refractivity contribution in [3.8, 4) is 11.8 Å². The molecule has 21 heavy (non-hydrogen) atoms. The number of benzene rings is 1. The summed E-state index contributed by atoms with van der Waals surface area (Å²) in [7, 11) is 1.72. The molecule has 0 saturated carbocycles. The summed E-state index contributed by atoms with van der Waals surface area (Å²) in [6.45, 7) is 2.56. The molecule has 0 aliphatic rings. The number of H-pyrrole nitrogens is 1. The van der Waals surface area contributed by atoms with Gasteiger partial charge in [-0.1, -0.05) is 17.9 Å². The van der Waals surface area contributed by atoms with Crippen LogP contribution in [0.4, 0.5) is 0 Å². The average Bonchev–Trinajstić information content (AvgIpc) is 2.98. The Morgan fingerprint density at radius 1 is 1.48 bits per heavy atom. The Kier molecular flexibility index (Phi) is 4.69. The first-order valence-electron chi connectivity index (χ1n) is 6.51.